The quantitative estimate of drug-likeness (QED) is 0.643. The van der Waals surface area contributed by atoms with Crippen LogP contribution in [0, 0.1) is 18.8 Å². The van der Waals surface area contributed by atoms with E-state index >= 15 is 0 Å². The normalized spacial score (nSPS) is 22.0. The molecule has 7 nitrogen and oxygen atoms in total. The Morgan fingerprint density at radius 3 is 2.34 bits per heavy atom. The Labute approximate surface area is 186 Å². The van der Waals surface area contributed by atoms with Gasteiger partial charge in [-0.3, -0.25) is 0 Å². The summed E-state index contributed by atoms with van der Waals surface area (Å²) in [6.07, 6.45) is 3.54. The van der Waals surface area contributed by atoms with Crippen LogP contribution < -0.4 is 5.32 Å². The predicted molar refractivity (Wildman–Crippen MR) is 122 cm³/mol. The Morgan fingerprint density at radius 1 is 1.00 bits per heavy atom. The van der Waals surface area contributed by atoms with E-state index in [-0.39, 0.29) is 11.7 Å². The predicted octanol–water partition coefficient (Wildman–Crippen LogP) is 4.35. The molecule has 2 aliphatic rings. The van der Waals surface area contributed by atoms with Gasteiger partial charge in [-0.1, -0.05) is 42.5 Å². The number of aryl methyl sites for hydroxylation is 1. The summed E-state index contributed by atoms with van der Waals surface area (Å²) < 4.78 is 1.17. The maximum atomic E-state index is 12.8. The largest absolute Gasteiger partial charge is 0.476 e. The molecule has 1 saturated heterocycles. The van der Waals surface area contributed by atoms with E-state index in [1.54, 1.807) is 11.8 Å². The van der Waals surface area contributed by atoms with Crippen LogP contribution in [-0.2, 0) is 0 Å². The van der Waals surface area contributed by atoms with Crippen molar-refractivity contribution in [3.05, 3.63) is 72.1 Å². The highest BCUT2D eigenvalue weighted by Gasteiger charge is 2.43. The molecule has 2 fully saturated rings. The number of anilines is 1. The van der Waals surface area contributed by atoms with Crippen LogP contribution in [0.1, 0.15) is 28.9 Å². The van der Waals surface area contributed by atoms with Gasteiger partial charge in [-0.15, -0.1) is 0 Å². The van der Waals surface area contributed by atoms with Gasteiger partial charge in [-0.05, 0) is 54.9 Å². The number of nitrogens with zero attached hydrogens (tertiary/aromatic N) is 3. The number of hydrogen-bond donors (Lipinski definition) is 2. The van der Waals surface area contributed by atoms with Gasteiger partial charge in [0.25, 0.3) is 0 Å². The van der Waals surface area contributed by atoms with Gasteiger partial charge >= 0.3 is 12.0 Å². The molecule has 0 radical (unpaired) electrons. The molecule has 5 rings (SSSR count). The van der Waals surface area contributed by atoms with E-state index in [1.165, 1.54) is 22.0 Å². The van der Waals surface area contributed by atoms with Gasteiger partial charge in [0, 0.05) is 36.6 Å². The zero-order chi connectivity index (χ0) is 22.2. The number of rotatable bonds is 4. The highest BCUT2D eigenvalue weighted by atomic mass is 16.4. The number of aromatic carboxylic acids is 1. The van der Waals surface area contributed by atoms with Crippen molar-refractivity contribution in [1.82, 2.24) is 14.7 Å². The van der Waals surface area contributed by atoms with Gasteiger partial charge in [0.05, 0.1) is 0 Å². The Hall–Kier alpha value is -3.61. The zero-order valence-corrected chi connectivity index (χ0v) is 17.9. The van der Waals surface area contributed by atoms with E-state index in [9.17, 15) is 14.7 Å². The Balaban J connectivity index is 1.21. The highest BCUT2D eigenvalue weighted by Crippen LogP contribution is 2.39. The third kappa shape index (κ3) is 3.86. The molecular weight excluding hydrogens is 404 g/mol. The number of hydrogen-bond acceptors (Lipinski definition) is 4. The van der Waals surface area contributed by atoms with Gasteiger partial charge < -0.3 is 15.3 Å². The maximum Gasteiger partial charge on any atom is 0.356 e. The van der Waals surface area contributed by atoms with E-state index < -0.39 is 5.97 Å². The van der Waals surface area contributed by atoms with Crippen LogP contribution in [-0.4, -0.2) is 50.9 Å². The minimum atomic E-state index is -1.11. The number of fused-ring (bicyclic) bond motifs is 1. The lowest BCUT2D eigenvalue weighted by atomic mass is 10.0. The number of carbonyl (C=O) groups is 2. The van der Waals surface area contributed by atoms with Crippen LogP contribution >= 0.6 is 0 Å². The molecule has 1 saturated carbocycles. The Kier molecular flexibility index (Phi) is 5.17. The monoisotopic (exact) mass is 430 g/mol. The molecule has 1 aliphatic heterocycles. The van der Waals surface area contributed by atoms with Crippen LogP contribution in [0.15, 0.2) is 60.8 Å². The SMILES string of the molecule is Cc1cn(C(=O)N2C[C@H]3CC(Nc4cccc(-c5ccccc5)c4)C[C@H]3C2)nc1C(=O)O. The van der Waals surface area contributed by atoms with Crippen LogP contribution in [0.4, 0.5) is 10.5 Å². The summed E-state index contributed by atoms with van der Waals surface area (Å²) >= 11 is 0. The van der Waals surface area contributed by atoms with Gasteiger partial charge in [-0.25, -0.2) is 9.59 Å². The molecular formula is C25H26N4O3. The fourth-order valence-electron chi connectivity index (χ4n) is 5.14. The second-order valence-corrected chi connectivity index (χ2v) is 8.88. The van der Waals surface area contributed by atoms with Crippen molar-refractivity contribution in [1.29, 1.82) is 0 Å². The zero-order valence-electron chi connectivity index (χ0n) is 17.9. The number of nitrogens with one attached hydrogen (secondary N) is 1. The molecule has 0 bridgehead atoms. The molecule has 2 N–H and O–H groups in total. The van der Waals surface area contributed by atoms with Crippen molar-refractivity contribution in [3.63, 3.8) is 0 Å². The maximum absolute atomic E-state index is 12.8. The molecule has 7 heteroatoms. The molecule has 164 valence electrons. The lowest BCUT2D eigenvalue weighted by molar-refractivity contribution is 0.0689. The number of aromatic nitrogens is 2. The fraction of sp³-hybridized carbons (Fsp3) is 0.320. The highest BCUT2D eigenvalue weighted by molar-refractivity contribution is 5.88. The number of carboxylic acid groups (broad SMARTS) is 1. The number of amides is 1. The smallest absolute Gasteiger partial charge is 0.356 e. The minimum Gasteiger partial charge on any atom is -0.476 e. The van der Waals surface area contributed by atoms with Crippen LogP contribution in [0.3, 0.4) is 0 Å². The number of likely N-dealkylation sites (tertiary alicyclic amines) is 1. The van der Waals surface area contributed by atoms with Crippen molar-refractivity contribution in [2.24, 2.45) is 11.8 Å². The molecule has 3 atom stereocenters. The lowest BCUT2D eigenvalue weighted by Crippen LogP contribution is -2.35. The molecule has 1 aromatic heterocycles. The van der Waals surface area contributed by atoms with E-state index in [1.807, 2.05) is 18.2 Å². The topological polar surface area (TPSA) is 87.5 Å². The van der Waals surface area contributed by atoms with Crippen LogP contribution in [0.25, 0.3) is 11.1 Å². The fourth-order valence-corrected chi connectivity index (χ4v) is 5.14. The van der Waals surface area contributed by atoms with Crippen molar-refractivity contribution in [2.75, 3.05) is 18.4 Å². The Bertz CT molecular complexity index is 1140. The van der Waals surface area contributed by atoms with Gasteiger partial charge in [0.15, 0.2) is 5.69 Å². The summed E-state index contributed by atoms with van der Waals surface area (Å²) in [4.78, 5) is 25.9. The lowest BCUT2D eigenvalue weighted by Gasteiger charge is -2.20. The average Bonchev–Trinajstić information content (AvgIpc) is 3.47. The summed E-state index contributed by atoms with van der Waals surface area (Å²) in [7, 11) is 0. The molecule has 3 aromatic rings. The van der Waals surface area contributed by atoms with Gasteiger partial charge in [-0.2, -0.15) is 9.78 Å². The molecule has 1 amide bonds. The van der Waals surface area contributed by atoms with Crippen LogP contribution in [0.2, 0.25) is 0 Å². The molecule has 2 aromatic carbocycles. The molecule has 2 heterocycles. The summed E-state index contributed by atoms with van der Waals surface area (Å²) in [6, 6.07) is 19.0. The van der Waals surface area contributed by atoms with E-state index in [0.29, 0.717) is 36.5 Å². The first kappa shape index (κ1) is 20.3. The van der Waals surface area contributed by atoms with E-state index in [0.717, 1.165) is 18.5 Å². The average molecular weight is 431 g/mol. The van der Waals surface area contributed by atoms with E-state index in [2.05, 4.69) is 46.8 Å². The number of carboxylic acids is 1. The van der Waals surface area contributed by atoms with E-state index in [4.69, 9.17) is 0 Å². The van der Waals surface area contributed by atoms with Crippen molar-refractivity contribution in [2.45, 2.75) is 25.8 Å². The van der Waals surface area contributed by atoms with Gasteiger partial charge in [0.1, 0.15) is 0 Å². The minimum absolute atomic E-state index is 0.0697. The summed E-state index contributed by atoms with van der Waals surface area (Å²) in [5, 5.41) is 16.8. The van der Waals surface area contributed by atoms with Crippen molar-refractivity contribution >= 4 is 17.7 Å². The first-order valence-electron chi connectivity index (χ1n) is 11.0. The molecule has 1 unspecified atom stereocenters. The third-order valence-corrected chi connectivity index (χ3v) is 6.66. The standard InChI is InChI=1S/C25H26N4O3/c1-16-13-29(27-23(16)24(30)31)25(32)28-14-19-11-22(12-20(19)15-28)26-21-9-5-8-18(10-21)17-6-3-2-4-7-17/h2-10,13,19-20,22,26H,11-12,14-15H2,1H3,(H,30,31)/t19-,20+,22?. The van der Waals surface area contributed by atoms with Crippen molar-refractivity contribution < 1.29 is 14.7 Å². The first-order valence-corrected chi connectivity index (χ1v) is 11.0. The number of carbonyl (C=O) groups excluding carboxylic acids is 1. The second-order valence-electron chi connectivity index (χ2n) is 8.88. The van der Waals surface area contributed by atoms with Crippen molar-refractivity contribution in [3.8, 4) is 11.1 Å². The second kappa shape index (κ2) is 8.15. The molecule has 1 aliphatic carbocycles. The summed E-state index contributed by atoms with van der Waals surface area (Å²) in [6.45, 7) is 3.03. The molecule has 32 heavy (non-hydrogen) atoms. The Morgan fingerprint density at radius 2 is 1.69 bits per heavy atom. The summed E-state index contributed by atoms with van der Waals surface area (Å²) in [5.41, 5.74) is 3.94. The van der Waals surface area contributed by atoms with Crippen LogP contribution in [0.5, 0.6) is 0 Å². The number of benzene rings is 2. The summed E-state index contributed by atoms with van der Waals surface area (Å²) in [5.74, 6) is -0.216. The van der Waals surface area contributed by atoms with Gasteiger partial charge in [0.2, 0.25) is 0 Å². The third-order valence-electron chi connectivity index (χ3n) is 6.66. The first-order chi connectivity index (χ1) is 15.5. The molecule has 0 spiro atoms.